The maximum absolute atomic E-state index is 11.5. The number of nitrogens with zero attached hydrogens (tertiary/aromatic N) is 2. The number of aromatic nitrogens is 3. The summed E-state index contributed by atoms with van der Waals surface area (Å²) in [5.74, 6) is 0.657. The second kappa shape index (κ2) is 9.25. The number of alkyl carbamates (subject to hydrolysis) is 1. The van der Waals surface area contributed by atoms with Gasteiger partial charge in [-0.15, -0.1) is 0 Å². The number of aromatic amines is 1. The molecule has 0 saturated heterocycles. The average molecular weight is 362 g/mol. The molecule has 0 bridgehead atoms. The second-order valence-electron chi connectivity index (χ2n) is 5.48. The zero-order chi connectivity index (χ0) is 18.9. The van der Waals surface area contributed by atoms with Crippen LogP contribution in [0.25, 0.3) is 0 Å². The standard InChI is InChI=1S/C16H22N6O4/c1-10-7-13(22-21-10)19-12-8-11(15(17)23)9-14(20-12)26-6-4-3-5-18-16(24)25-2/h7-9H,3-6H2,1-2H3,(H2,17,23)(H,18,24)(H2,19,20,21,22). The molecule has 2 aromatic heterocycles. The number of methoxy groups -OCH3 is 1. The topological polar surface area (TPSA) is 144 Å². The minimum Gasteiger partial charge on any atom is -0.478 e. The number of carbonyl (C=O) groups excluding carboxylic acids is 2. The van der Waals surface area contributed by atoms with Gasteiger partial charge in [-0.1, -0.05) is 0 Å². The fourth-order valence-electron chi connectivity index (χ4n) is 2.07. The van der Waals surface area contributed by atoms with Gasteiger partial charge in [-0.3, -0.25) is 9.89 Å². The fourth-order valence-corrected chi connectivity index (χ4v) is 2.07. The van der Waals surface area contributed by atoms with Crippen molar-refractivity contribution in [1.29, 1.82) is 0 Å². The molecule has 0 aliphatic rings. The van der Waals surface area contributed by atoms with Crippen LogP contribution in [-0.2, 0) is 4.74 Å². The summed E-state index contributed by atoms with van der Waals surface area (Å²) in [5, 5.41) is 12.4. The van der Waals surface area contributed by atoms with E-state index in [2.05, 4.69) is 30.6 Å². The highest BCUT2D eigenvalue weighted by molar-refractivity contribution is 5.94. The Morgan fingerprint density at radius 2 is 2.04 bits per heavy atom. The quantitative estimate of drug-likeness (QED) is 0.494. The van der Waals surface area contributed by atoms with E-state index in [4.69, 9.17) is 10.5 Å². The van der Waals surface area contributed by atoms with E-state index in [0.717, 1.165) is 5.69 Å². The number of carbonyl (C=O) groups is 2. The lowest BCUT2D eigenvalue weighted by Crippen LogP contribution is -2.24. The molecule has 0 radical (unpaired) electrons. The van der Waals surface area contributed by atoms with Crippen molar-refractivity contribution in [3.05, 3.63) is 29.5 Å². The number of hydrogen-bond acceptors (Lipinski definition) is 7. The third-order valence-electron chi connectivity index (χ3n) is 3.32. The van der Waals surface area contributed by atoms with Gasteiger partial charge in [-0.05, 0) is 25.8 Å². The van der Waals surface area contributed by atoms with Crippen molar-refractivity contribution >= 4 is 23.6 Å². The van der Waals surface area contributed by atoms with Crippen LogP contribution in [0.3, 0.4) is 0 Å². The van der Waals surface area contributed by atoms with Crippen molar-refractivity contribution in [3.63, 3.8) is 0 Å². The second-order valence-corrected chi connectivity index (χ2v) is 5.48. The molecule has 0 aromatic carbocycles. The summed E-state index contributed by atoms with van der Waals surface area (Å²) in [4.78, 5) is 26.7. The Labute approximate surface area is 150 Å². The fraction of sp³-hybridized carbons (Fsp3) is 0.375. The van der Waals surface area contributed by atoms with Crippen LogP contribution in [0.4, 0.5) is 16.4 Å². The van der Waals surface area contributed by atoms with Crippen molar-refractivity contribution in [3.8, 4) is 5.88 Å². The minimum atomic E-state index is -0.583. The van der Waals surface area contributed by atoms with Crippen LogP contribution in [0.2, 0.25) is 0 Å². The number of H-pyrrole nitrogens is 1. The minimum absolute atomic E-state index is 0.275. The SMILES string of the molecule is COC(=O)NCCCCOc1cc(C(N)=O)cc(Nc2cc(C)[nH]n2)n1. The van der Waals surface area contributed by atoms with Crippen molar-refractivity contribution in [2.45, 2.75) is 19.8 Å². The highest BCUT2D eigenvalue weighted by Gasteiger charge is 2.09. The first-order valence-corrected chi connectivity index (χ1v) is 8.03. The number of ether oxygens (including phenoxy) is 2. The van der Waals surface area contributed by atoms with Gasteiger partial charge in [-0.2, -0.15) is 10.1 Å². The van der Waals surface area contributed by atoms with Crippen LogP contribution in [0.15, 0.2) is 18.2 Å². The summed E-state index contributed by atoms with van der Waals surface area (Å²) in [6.07, 6.45) is 0.932. The van der Waals surface area contributed by atoms with Crippen molar-refractivity contribution in [2.24, 2.45) is 5.73 Å². The lowest BCUT2D eigenvalue weighted by molar-refractivity contribution is 0.0999. The number of amides is 2. The van der Waals surface area contributed by atoms with Gasteiger partial charge in [0.15, 0.2) is 5.82 Å². The smallest absolute Gasteiger partial charge is 0.406 e. The molecule has 0 unspecified atom stereocenters. The van der Waals surface area contributed by atoms with Crippen LogP contribution in [0.1, 0.15) is 28.9 Å². The Balaban J connectivity index is 1.92. The number of pyridine rings is 1. The number of rotatable bonds is 9. The van der Waals surface area contributed by atoms with Gasteiger partial charge >= 0.3 is 6.09 Å². The maximum Gasteiger partial charge on any atom is 0.406 e. The summed E-state index contributed by atoms with van der Waals surface area (Å²) in [6.45, 7) is 2.73. The highest BCUT2D eigenvalue weighted by atomic mass is 16.5. The van der Waals surface area contributed by atoms with E-state index < -0.39 is 12.0 Å². The van der Waals surface area contributed by atoms with Crippen molar-refractivity contribution in [1.82, 2.24) is 20.5 Å². The van der Waals surface area contributed by atoms with Crippen LogP contribution in [-0.4, -0.2) is 47.4 Å². The molecule has 0 aliphatic heterocycles. The molecule has 2 amide bonds. The Morgan fingerprint density at radius 3 is 2.69 bits per heavy atom. The summed E-state index contributed by atoms with van der Waals surface area (Å²) < 4.78 is 10.1. The largest absolute Gasteiger partial charge is 0.478 e. The van der Waals surface area contributed by atoms with Gasteiger partial charge in [0.05, 0.1) is 13.7 Å². The molecule has 140 valence electrons. The van der Waals surface area contributed by atoms with Gasteiger partial charge in [0.2, 0.25) is 11.8 Å². The first-order valence-electron chi connectivity index (χ1n) is 8.03. The van der Waals surface area contributed by atoms with Crippen LogP contribution in [0.5, 0.6) is 5.88 Å². The number of primary amides is 1. The summed E-state index contributed by atoms with van der Waals surface area (Å²) >= 11 is 0. The summed E-state index contributed by atoms with van der Waals surface area (Å²) in [6, 6.07) is 4.81. The molecule has 5 N–H and O–H groups in total. The molecule has 0 saturated carbocycles. The predicted molar refractivity (Wildman–Crippen MR) is 94.5 cm³/mol. The Kier molecular flexibility index (Phi) is 6.77. The zero-order valence-electron chi connectivity index (χ0n) is 14.7. The Morgan fingerprint density at radius 1 is 1.23 bits per heavy atom. The zero-order valence-corrected chi connectivity index (χ0v) is 14.7. The third-order valence-corrected chi connectivity index (χ3v) is 3.32. The molecule has 0 spiro atoms. The van der Waals surface area contributed by atoms with E-state index in [9.17, 15) is 9.59 Å². The van der Waals surface area contributed by atoms with Crippen molar-refractivity contribution < 1.29 is 19.1 Å². The van der Waals surface area contributed by atoms with Gasteiger partial charge < -0.3 is 25.8 Å². The van der Waals surface area contributed by atoms with E-state index in [0.29, 0.717) is 37.6 Å². The molecule has 2 heterocycles. The first kappa shape index (κ1) is 19.0. The van der Waals surface area contributed by atoms with E-state index in [-0.39, 0.29) is 11.4 Å². The lowest BCUT2D eigenvalue weighted by Gasteiger charge is -2.10. The average Bonchev–Trinajstić information content (AvgIpc) is 3.02. The highest BCUT2D eigenvalue weighted by Crippen LogP contribution is 2.19. The molecular formula is C16H22N6O4. The molecule has 2 aromatic rings. The Hall–Kier alpha value is -3.30. The number of hydrogen-bond donors (Lipinski definition) is 4. The number of anilines is 2. The van der Waals surface area contributed by atoms with E-state index in [1.807, 2.05) is 6.92 Å². The summed E-state index contributed by atoms with van der Waals surface area (Å²) in [7, 11) is 1.31. The lowest BCUT2D eigenvalue weighted by atomic mass is 10.2. The predicted octanol–water partition coefficient (Wildman–Crippen LogP) is 1.47. The first-order chi connectivity index (χ1) is 12.5. The van der Waals surface area contributed by atoms with Crippen LogP contribution < -0.4 is 21.1 Å². The van der Waals surface area contributed by atoms with Crippen molar-refractivity contribution in [2.75, 3.05) is 25.6 Å². The van der Waals surface area contributed by atoms with Crippen LogP contribution >= 0.6 is 0 Å². The summed E-state index contributed by atoms with van der Waals surface area (Å²) in [5.41, 5.74) is 6.52. The van der Waals surface area contributed by atoms with Gasteiger partial charge in [0, 0.05) is 29.9 Å². The molecule has 26 heavy (non-hydrogen) atoms. The molecule has 0 aliphatic carbocycles. The molecule has 10 heteroatoms. The maximum atomic E-state index is 11.5. The molecular weight excluding hydrogens is 340 g/mol. The van der Waals surface area contributed by atoms with Gasteiger partial charge in [-0.25, -0.2) is 4.79 Å². The molecule has 0 atom stereocenters. The van der Waals surface area contributed by atoms with E-state index >= 15 is 0 Å². The number of unbranched alkanes of at least 4 members (excludes halogenated alkanes) is 1. The monoisotopic (exact) mass is 362 g/mol. The number of nitrogens with one attached hydrogen (secondary N) is 3. The van der Waals surface area contributed by atoms with Crippen LogP contribution in [0, 0.1) is 6.92 Å². The number of aryl methyl sites for hydroxylation is 1. The molecule has 10 nitrogen and oxygen atoms in total. The molecule has 2 rings (SSSR count). The molecule has 0 fully saturated rings. The third kappa shape index (κ3) is 5.96. The van der Waals surface area contributed by atoms with Gasteiger partial charge in [0.25, 0.3) is 0 Å². The Bertz CT molecular complexity index is 761. The van der Waals surface area contributed by atoms with E-state index in [1.54, 1.807) is 6.07 Å². The normalized spacial score (nSPS) is 10.2. The van der Waals surface area contributed by atoms with Gasteiger partial charge in [0.1, 0.15) is 5.82 Å². The number of nitrogens with two attached hydrogens (primary N) is 1. The van der Waals surface area contributed by atoms with E-state index in [1.165, 1.54) is 19.2 Å².